The molecule has 0 saturated carbocycles. The van der Waals surface area contributed by atoms with E-state index in [4.69, 9.17) is 6.42 Å². The van der Waals surface area contributed by atoms with E-state index >= 15 is 0 Å². The van der Waals surface area contributed by atoms with Crippen LogP contribution in [0, 0.1) is 12.3 Å². The molecule has 0 spiro atoms. The second-order valence-electron chi connectivity index (χ2n) is 2.77. The highest BCUT2D eigenvalue weighted by molar-refractivity contribution is 7.03. The Morgan fingerprint density at radius 2 is 2.64 bits per heavy atom. The lowest BCUT2D eigenvalue weighted by Crippen LogP contribution is -2.33. The molecular formula is C9H11N3OS. The van der Waals surface area contributed by atoms with Gasteiger partial charge in [0.05, 0.1) is 6.04 Å². The molecule has 74 valence electrons. The van der Waals surface area contributed by atoms with Crippen LogP contribution in [-0.2, 0) is 0 Å². The number of hydrogen-bond donors (Lipinski definition) is 1. The van der Waals surface area contributed by atoms with Crippen molar-refractivity contribution >= 4 is 17.4 Å². The summed E-state index contributed by atoms with van der Waals surface area (Å²) in [5, 5.41) is 7.94. The molecule has 4 nitrogen and oxygen atoms in total. The number of aromatic nitrogens is 2. The van der Waals surface area contributed by atoms with Gasteiger partial charge in [0.25, 0.3) is 5.91 Å². The van der Waals surface area contributed by atoms with Crippen molar-refractivity contribution < 1.29 is 4.79 Å². The van der Waals surface area contributed by atoms with Crippen LogP contribution in [0.4, 0.5) is 0 Å². The lowest BCUT2D eigenvalue weighted by Gasteiger charge is -2.09. The molecular weight excluding hydrogens is 198 g/mol. The Bertz CT molecular complexity index is 328. The van der Waals surface area contributed by atoms with Crippen LogP contribution in [0.2, 0.25) is 0 Å². The number of rotatable bonds is 4. The summed E-state index contributed by atoms with van der Waals surface area (Å²) in [7, 11) is 0. The van der Waals surface area contributed by atoms with E-state index in [9.17, 15) is 4.79 Å². The largest absolute Gasteiger partial charge is 0.337 e. The minimum atomic E-state index is -0.254. The Morgan fingerprint density at radius 3 is 3.14 bits per heavy atom. The molecule has 1 heterocycles. The van der Waals surface area contributed by atoms with Crippen molar-refractivity contribution in [2.45, 2.75) is 25.8 Å². The third-order valence-electron chi connectivity index (χ3n) is 1.68. The van der Waals surface area contributed by atoms with Crippen LogP contribution in [0.25, 0.3) is 0 Å². The topological polar surface area (TPSA) is 54.9 Å². The Labute approximate surface area is 86.9 Å². The van der Waals surface area contributed by atoms with Gasteiger partial charge in [-0.25, -0.2) is 0 Å². The molecule has 1 atom stereocenters. The van der Waals surface area contributed by atoms with Crippen LogP contribution >= 0.6 is 11.5 Å². The fraction of sp³-hybridized carbons (Fsp3) is 0.444. The summed E-state index contributed by atoms with van der Waals surface area (Å²) in [5.74, 6) is 2.26. The number of carbonyl (C=O) groups is 1. The van der Waals surface area contributed by atoms with E-state index in [0.29, 0.717) is 5.69 Å². The molecule has 5 heteroatoms. The maximum atomic E-state index is 11.4. The van der Waals surface area contributed by atoms with Crippen LogP contribution in [0.1, 0.15) is 30.3 Å². The third kappa shape index (κ3) is 2.82. The van der Waals surface area contributed by atoms with Crippen molar-refractivity contribution in [3.63, 3.8) is 0 Å². The predicted molar refractivity (Wildman–Crippen MR) is 54.9 cm³/mol. The van der Waals surface area contributed by atoms with Crippen LogP contribution < -0.4 is 5.32 Å². The number of nitrogens with one attached hydrogen (secondary N) is 1. The Balaban J connectivity index is 2.52. The van der Waals surface area contributed by atoms with Crippen molar-refractivity contribution in [3.05, 3.63) is 11.1 Å². The maximum absolute atomic E-state index is 11.4. The zero-order chi connectivity index (χ0) is 10.4. The number of carbonyl (C=O) groups excluding carboxylic acids is 1. The van der Waals surface area contributed by atoms with Gasteiger partial charge in [-0.05, 0) is 18.0 Å². The molecule has 1 N–H and O–H groups in total. The molecule has 0 saturated heterocycles. The number of hydrogen-bond acceptors (Lipinski definition) is 4. The smallest absolute Gasteiger partial charge is 0.273 e. The fourth-order valence-corrected chi connectivity index (χ4v) is 1.42. The molecule has 1 unspecified atom stereocenters. The standard InChI is InChI=1S/C9H11N3OS/c1-3-5-7(4-2)10-9(13)8-6-14-12-11-8/h2,6-7H,3,5H2,1H3,(H,10,13). The van der Waals surface area contributed by atoms with Crippen molar-refractivity contribution in [2.75, 3.05) is 0 Å². The van der Waals surface area contributed by atoms with Crippen LogP contribution in [-0.4, -0.2) is 21.5 Å². The van der Waals surface area contributed by atoms with Crippen molar-refractivity contribution in [1.29, 1.82) is 0 Å². The summed E-state index contributed by atoms with van der Waals surface area (Å²) in [5.41, 5.74) is 0.325. The molecule has 14 heavy (non-hydrogen) atoms. The van der Waals surface area contributed by atoms with E-state index < -0.39 is 0 Å². The molecule has 0 bridgehead atoms. The van der Waals surface area contributed by atoms with Gasteiger partial charge in [0.1, 0.15) is 0 Å². The summed E-state index contributed by atoms with van der Waals surface area (Å²) < 4.78 is 3.60. The summed E-state index contributed by atoms with van der Waals surface area (Å²) in [6, 6.07) is -0.214. The van der Waals surface area contributed by atoms with Crippen molar-refractivity contribution in [3.8, 4) is 12.3 Å². The Morgan fingerprint density at radius 1 is 1.86 bits per heavy atom. The summed E-state index contributed by atoms with van der Waals surface area (Å²) in [6.07, 6.45) is 6.97. The summed E-state index contributed by atoms with van der Waals surface area (Å²) in [4.78, 5) is 11.4. The lowest BCUT2D eigenvalue weighted by molar-refractivity contribution is 0.0939. The van der Waals surface area contributed by atoms with E-state index in [1.165, 1.54) is 0 Å². The fourth-order valence-electron chi connectivity index (χ4n) is 0.982. The lowest BCUT2D eigenvalue weighted by atomic mass is 10.2. The summed E-state index contributed by atoms with van der Waals surface area (Å²) >= 11 is 1.14. The van der Waals surface area contributed by atoms with Gasteiger partial charge in [-0.3, -0.25) is 4.79 Å². The van der Waals surface area contributed by atoms with Crippen molar-refractivity contribution in [2.24, 2.45) is 0 Å². The molecule has 0 aromatic carbocycles. The number of amides is 1. The molecule has 0 aliphatic heterocycles. The van der Waals surface area contributed by atoms with Crippen LogP contribution in [0.3, 0.4) is 0 Å². The molecule has 1 aromatic rings. The molecule has 1 rings (SSSR count). The maximum Gasteiger partial charge on any atom is 0.273 e. The minimum absolute atomic E-state index is 0.214. The van der Waals surface area contributed by atoms with E-state index in [2.05, 4.69) is 20.8 Å². The van der Waals surface area contributed by atoms with Gasteiger partial charge >= 0.3 is 0 Å². The first-order valence-electron chi connectivity index (χ1n) is 4.32. The predicted octanol–water partition coefficient (Wildman–Crippen LogP) is 1.07. The van der Waals surface area contributed by atoms with E-state index in [1.807, 2.05) is 6.92 Å². The van der Waals surface area contributed by atoms with Gasteiger partial charge in [0.2, 0.25) is 0 Å². The number of terminal acetylenes is 1. The number of nitrogens with zero attached hydrogens (tertiary/aromatic N) is 2. The van der Waals surface area contributed by atoms with Crippen molar-refractivity contribution in [1.82, 2.24) is 14.9 Å². The van der Waals surface area contributed by atoms with Gasteiger partial charge in [-0.2, -0.15) is 0 Å². The average molecular weight is 209 g/mol. The van der Waals surface area contributed by atoms with E-state index in [1.54, 1.807) is 5.38 Å². The Kier molecular flexibility index (Phi) is 4.08. The highest BCUT2D eigenvalue weighted by Crippen LogP contribution is 2.00. The second-order valence-corrected chi connectivity index (χ2v) is 3.38. The first-order valence-corrected chi connectivity index (χ1v) is 5.15. The highest BCUT2D eigenvalue weighted by Gasteiger charge is 2.12. The molecule has 1 amide bonds. The molecule has 0 fully saturated rings. The average Bonchev–Trinajstić information content (AvgIpc) is 2.69. The molecule has 0 aliphatic rings. The SMILES string of the molecule is C#CC(CCC)NC(=O)c1csnn1. The van der Waals surface area contributed by atoms with Crippen LogP contribution in [0.5, 0.6) is 0 Å². The monoisotopic (exact) mass is 209 g/mol. The second kappa shape index (κ2) is 5.35. The quantitative estimate of drug-likeness (QED) is 0.755. The van der Waals surface area contributed by atoms with Gasteiger partial charge in [-0.1, -0.05) is 23.8 Å². The molecule has 0 radical (unpaired) electrons. The van der Waals surface area contributed by atoms with Gasteiger partial charge in [0, 0.05) is 5.38 Å². The van der Waals surface area contributed by atoms with Gasteiger partial charge in [-0.15, -0.1) is 11.5 Å². The zero-order valence-corrected chi connectivity index (χ0v) is 8.67. The van der Waals surface area contributed by atoms with Gasteiger partial charge in [0.15, 0.2) is 5.69 Å². The molecule has 0 aliphatic carbocycles. The zero-order valence-electron chi connectivity index (χ0n) is 7.86. The third-order valence-corrected chi connectivity index (χ3v) is 2.18. The first-order chi connectivity index (χ1) is 6.77. The highest BCUT2D eigenvalue weighted by atomic mass is 32.1. The van der Waals surface area contributed by atoms with Crippen LogP contribution in [0.15, 0.2) is 5.38 Å². The minimum Gasteiger partial charge on any atom is -0.337 e. The summed E-state index contributed by atoms with van der Waals surface area (Å²) in [6.45, 7) is 2.01. The van der Waals surface area contributed by atoms with E-state index in [0.717, 1.165) is 24.4 Å². The normalized spacial score (nSPS) is 11.7. The molecule has 1 aromatic heterocycles. The first kappa shape index (κ1) is 10.7. The van der Waals surface area contributed by atoms with E-state index in [-0.39, 0.29) is 11.9 Å². The Hall–Kier alpha value is -1.41. The van der Waals surface area contributed by atoms with Gasteiger partial charge < -0.3 is 5.32 Å².